The lowest BCUT2D eigenvalue weighted by Gasteiger charge is -2.64. The van der Waals surface area contributed by atoms with Crippen molar-refractivity contribution in [2.75, 3.05) is 13.1 Å². The fourth-order valence-electron chi connectivity index (χ4n) is 7.78. The molecule has 1 aliphatic heterocycles. The number of benzene rings is 3. The number of carbonyl (C=O) groups is 1. The van der Waals surface area contributed by atoms with Gasteiger partial charge in [-0.3, -0.25) is 9.69 Å². The molecular formula is C31H34N2O4. The van der Waals surface area contributed by atoms with E-state index in [4.69, 9.17) is 0 Å². The average Bonchev–Trinajstić information content (AvgIpc) is 3.72. The topological polar surface area (TPSA) is 93.0 Å². The molecule has 4 atom stereocenters. The number of fused-ring (bicyclic) bond motifs is 2. The third-order valence-corrected chi connectivity index (χ3v) is 9.79. The number of hydrogen-bond donors (Lipinski definition) is 4. The fourth-order valence-corrected chi connectivity index (χ4v) is 7.78. The number of nitrogens with one attached hydrogen (secondary N) is 1. The molecule has 2 saturated carbocycles. The first kappa shape index (κ1) is 23.1. The Labute approximate surface area is 216 Å². The van der Waals surface area contributed by atoms with Crippen molar-refractivity contribution >= 4 is 16.7 Å². The number of hydrogen-bond acceptors (Lipinski definition) is 5. The summed E-state index contributed by atoms with van der Waals surface area (Å²) in [7, 11) is 0. The highest BCUT2D eigenvalue weighted by Crippen LogP contribution is 2.61. The zero-order chi connectivity index (χ0) is 25.4. The molecule has 192 valence electrons. The van der Waals surface area contributed by atoms with E-state index in [2.05, 4.69) is 10.2 Å². The maximum atomic E-state index is 13.3. The maximum Gasteiger partial charge on any atom is 0.251 e. The first-order chi connectivity index (χ1) is 17.9. The number of nitrogens with zero attached hydrogens (tertiary/aromatic N) is 1. The molecule has 7 rings (SSSR count). The van der Waals surface area contributed by atoms with Gasteiger partial charge in [-0.1, -0.05) is 36.4 Å². The van der Waals surface area contributed by atoms with Gasteiger partial charge in [0.1, 0.15) is 0 Å². The summed E-state index contributed by atoms with van der Waals surface area (Å²) in [5, 5.41) is 39.4. The SMILES string of the molecule is O=C(NC1CCC2(O)C3Cc4ccc(O)c(O)c4[C@@]2(CCN3CC2CC2)C1)c1ccc2ccccc2c1. The van der Waals surface area contributed by atoms with Gasteiger partial charge >= 0.3 is 0 Å². The molecular weight excluding hydrogens is 464 g/mol. The summed E-state index contributed by atoms with van der Waals surface area (Å²) in [5.41, 5.74) is 0.601. The lowest BCUT2D eigenvalue weighted by Crippen LogP contribution is -2.74. The van der Waals surface area contributed by atoms with Gasteiger partial charge in [-0.15, -0.1) is 0 Å². The molecule has 2 bridgehead atoms. The van der Waals surface area contributed by atoms with E-state index in [1.165, 1.54) is 12.8 Å². The molecule has 1 saturated heterocycles. The van der Waals surface area contributed by atoms with Crippen molar-refractivity contribution in [1.29, 1.82) is 0 Å². The quantitative estimate of drug-likeness (QED) is 0.404. The third kappa shape index (κ3) is 3.49. The summed E-state index contributed by atoms with van der Waals surface area (Å²) >= 11 is 0. The first-order valence-electron chi connectivity index (χ1n) is 13.7. The van der Waals surface area contributed by atoms with E-state index >= 15 is 0 Å². The van der Waals surface area contributed by atoms with Gasteiger partial charge in [0.2, 0.25) is 0 Å². The van der Waals surface area contributed by atoms with Crippen molar-refractivity contribution in [2.45, 2.75) is 68.0 Å². The molecule has 3 unspecified atom stereocenters. The van der Waals surface area contributed by atoms with Crippen LogP contribution in [0.4, 0.5) is 0 Å². The van der Waals surface area contributed by atoms with E-state index in [1.54, 1.807) is 6.07 Å². The van der Waals surface area contributed by atoms with Crippen LogP contribution in [-0.4, -0.2) is 56.9 Å². The number of rotatable bonds is 4. The van der Waals surface area contributed by atoms with Crippen LogP contribution < -0.4 is 5.32 Å². The summed E-state index contributed by atoms with van der Waals surface area (Å²) in [6.07, 6.45) is 5.67. The van der Waals surface area contributed by atoms with E-state index in [-0.39, 0.29) is 29.5 Å². The molecule has 6 heteroatoms. The van der Waals surface area contributed by atoms with Crippen LogP contribution in [-0.2, 0) is 11.8 Å². The van der Waals surface area contributed by atoms with Crippen molar-refractivity contribution in [3.05, 3.63) is 71.3 Å². The Kier molecular flexibility index (Phi) is 5.11. The Morgan fingerprint density at radius 2 is 1.81 bits per heavy atom. The molecule has 3 aromatic carbocycles. The second-order valence-corrected chi connectivity index (χ2v) is 11.9. The van der Waals surface area contributed by atoms with E-state index in [1.807, 2.05) is 48.5 Å². The van der Waals surface area contributed by atoms with Crippen LogP contribution >= 0.6 is 0 Å². The minimum Gasteiger partial charge on any atom is -0.504 e. The normalized spacial score (nSPS) is 30.9. The predicted molar refractivity (Wildman–Crippen MR) is 142 cm³/mol. The Morgan fingerprint density at radius 3 is 2.62 bits per heavy atom. The fraction of sp³-hybridized carbons (Fsp3) is 0.452. The molecule has 37 heavy (non-hydrogen) atoms. The number of phenolic OH excluding ortho intramolecular Hbond substituents is 2. The van der Waals surface area contributed by atoms with Gasteiger partial charge in [0.15, 0.2) is 11.5 Å². The lowest BCUT2D eigenvalue weighted by molar-refractivity contribution is -0.170. The Balaban J connectivity index is 1.23. The highest BCUT2D eigenvalue weighted by Gasteiger charge is 2.65. The second kappa shape index (κ2) is 8.20. The summed E-state index contributed by atoms with van der Waals surface area (Å²) in [5.74, 6) is 0.364. The highest BCUT2D eigenvalue weighted by molar-refractivity contribution is 5.98. The van der Waals surface area contributed by atoms with Gasteiger partial charge < -0.3 is 20.6 Å². The lowest BCUT2D eigenvalue weighted by atomic mass is 9.48. The largest absolute Gasteiger partial charge is 0.504 e. The molecule has 4 N–H and O–H groups in total. The molecule has 0 aromatic heterocycles. The second-order valence-electron chi connectivity index (χ2n) is 11.9. The summed E-state index contributed by atoms with van der Waals surface area (Å²) in [4.78, 5) is 15.8. The van der Waals surface area contributed by atoms with Crippen molar-refractivity contribution in [2.24, 2.45) is 5.92 Å². The van der Waals surface area contributed by atoms with Crippen LogP contribution in [0.1, 0.15) is 60.0 Å². The number of phenols is 2. The minimum atomic E-state index is -1.01. The molecule has 3 aliphatic carbocycles. The van der Waals surface area contributed by atoms with Gasteiger partial charge in [0.25, 0.3) is 5.91 Å². The highest BCUT2D eigenvalue weighted by atomic mass is 16.3. The minimum absolute atomic E-state index is 0.0181. The third-order valence-electron chi connectivity index (χ3n) is 9.79. The molecule has 3 fully saturated rings. The Hall–Kier alpha value is -3.09. The molecule has 0 spiro atoms. The smallest absolute Gasteiger partial charge is 0.251 e. The summed E-state index contributed by atoms with van der Waals surface area (Å²) < 4.78 is 0. The summed E-state index contributed by atoms with van der Waals surface area (Å²) in [6, 6.07) is 17.1. The van der Waals surface area contributed by atoms with Crippen LogP contribution in [0, 0.1) is 5.92 Å². The van der Waals surface area contributed by atoms with E-state index in [0.29, 0.717) is 43.2 Å². The number of amides is 1. The molecule has 3 aromatic rings. The van der Waals surface area contributed by atoms with E-state index in [0.717, 1.165) is 35.3 Å². The number of aliphatic hydroxyl groups is 1. The zero-order valence-electron chi connectivity index (χ0n) is 21.0. The average molecular weight is 499 g/mol. The molecule has 1 amide bonds. The standard InChI is InChI=1S/C31H34N2O4/c34-25-10-9-22-16-26-31(37)12-11-24(32-29(36)23-8-7-20-3-1-2-4-21(20)15-23)17-30(31,27(22)28(25)35)13-14-33(26)18-19-5-6-19/h1-4,7-10,15,19,24,26,34-35,37H,5-6,11-14,16-18H2,(H,32,36)/t24?,26?,30-,31?/m1/s1. The van der Waals surface area contributed by atoms with Crippen LogP contribution in [0.25, 0.3) is 10.8 Å². The van der Waals surface area contributed by atoms with Crippen LogP contribution in [0.5, 0.6) is 11.5 Å². The van der Waals surface area contributed by atoms with Gasteiger partial charge in [-0.25, -0.2) is 0 Å². The van der Waals surface area contributed by atoms with E-state index < -0.39 is 11.0 Å². The van der Waals surface area contributed by atoms with Gasteiger partial charge in [-0.05, 0) is 91.9 Å². The predicted octanol–water partition coefficient (Wildman–Crippen LogP) is 4.24. The number of piperidine rings is 1. The Morgan fingerprint density at radius 1 is 1.00 bits per heavy atom. The zero-order valence-corrected chi connectivity index (χ0v) is 21.0. The molecule has 6 nitrogen and oxygen atoms in total. The summed E-state index contributed by atoms with van der Waals surface area (Å²) in [6.45, 7) is 1.87. The van der Waals surface area contributed by atoms with Crippen LogP contribution in [0.2, 0.25) is 0 Å². The number of likely N-dealkylation sites (tertiary alicyclic amines) is 1. The van der Waals surface area contributed by atoms with Crippen molar-refractivity contribution < 1.29 is 20.1 Å². The Bertz CT molecular complexity index is 1400. The number of carbonyl (C=O) groups excluding carboxylic acids is 1. The van der Waals surface area contributed by atoms with E-state index in [9.17, 15) is 20.1 Å². The van der Waals surface area contributed by atoms with Crippen molar-refractivity contribution in [3.8, 4) is 11.5 Å². The first-order valence-corrected chi connectivity index (χ1v) is 13.7. The molecule has 4 aliphatic rings. The monoisotopic (exact) mass is 498 g/mol. The number of aromatic hydroxyl groups is 2. The van der Waals surface area contributed by atoms with Gasteiger partial charge in [-0.2, -0.15) is 0 Å². The molecule has 1 heterocycles. The maximum absolute atomic E-state index is 13.3. The van der Waals surface area contributed by atoms with Crippen molar-refractivity contribution in [1.82, 2.24) is 10.2 Å². The van der Waals surface area contributed by atoms with Crippen molar-refractivity contribution in [3.63, 3.8) is 0 Å². The molecule has 0 radical (unpaired) electrons. The van der Waals surface area contributed by atoms with Gasteiger partial charge in [0, 0.05) is 35.2 Å². The van der Waals surface area contributed by atoms with Crippen LogP contribution in [0.3, 0.4) is 0 Å². The van der Waals surface area contributed by atoms with Crippen LogP contribution in [0.15, 0.2) is 54.6 Å². The van der Waals surface area contributed by atoms with Gasteiger partial charge in [0.05, 0.1) is 5.60 Å².